The van der Waals surface area contributed by atoms with Gasteiger partial charge in [0.1, 0.15) is 11.8 Å². The Kier molecular flexibility index (Phi) is 9.05. The maximum atomic E-state index is 12.9. The fourth-order valence-corrected chi connectivity index (χ4v) is 3.67. The van der Waals surface area contributed by atoms with E-state index in [2.05, 4.69) is 22.8 Å². The summed E-state index contributed by atoms with van der Waals surface area (Å²) in [5.41, 5.74) is 3.75. The second-order valence-corrected chi connectivity index (χ2v) is 8.78. The van der Waals surface area contributed by atoms with Gasteiger partial charge in [-0.05, 0) is 47.4 Å². The first-order valence-corrected chi connectivity index (χ1v) is 11.8. The molecule has 3 aromatic rings. The summed E-state index contributed by atoms with van der Waals surface area (Å²) in [6.45, 7) is 6.43. The Morgan fingerprint density at radius 3 is 2.62 bits per heavy atom. The number of carbonyl (C=O) groups is 2. The molecule has 0 aliphatic rings. The van der Waals surface area contributed by atoms with Crippen molar-refractivity contribution in [2.75, 3.05) is 6.61 Å². The summed E-state index contributed by atoms with van der Waals surface area (Å²) in [5, 5.41) is 9.45. The number of nitrogens with zero attached hydrogens (tertiary/aromatic N) is 1. The van der Waals surface area contributed by atoms with Crippen molar-refractivity contribution >= 4 is 40.4 Å². The van der Waals surface area contributed by atoms with E-state index in [0.717, 1.165) is 29.2 Å². The Labute approximate surface area is 205 Å². The van der Waals surface area contributed by atoms with Crippen molar-refractivity contribution in [1.29, 1.82) is 0 Å². The minimum atomic E-state index is -0.767. The van der Waals surface area contributed by atoms with Gasteiger partial charge in [0.25, 0.3) is 11.8 Å². The van der Waals surface area contributed by atoms with E-state index in [1.807, 2.05) is 50.2 Å². The van der Waals surface area contributed by atoms with E-state index in [-0.39, 0.29) is 11.8 Å². The Bertz CT molecular complexity index is 1180. The molecule has 0 spiro atoms. The van der Waals surface area contributed by atoms with E-state index in [0.29, 0.717) is 22.9 Å². The lowest BCUT2D eigenvalue weighted by Crippen LogP contribution is -2.48. The Morgan fingerprint density at radius 2 is 1.88 bits per heavy atom. The Balaban J connectivity index is 1.76. The van der Waals surface area contributed by atoms with E-state index < -0.39 is 11.9 Å². The molecule has 7 heteroatoms. The predicted molar refractivity (Wildman–Crippen MR) is 138 cm³/mol. The number of benzene rings is 3. The molecule has 34 heavy (non-hydrogen) atoms. The minimum absolute atomic E-state index is 0.149. The van der Waals surface area contributed by atoms with Crippen LogP contribution in [0.4, 0.5) is 0 Å². The second kappa shape index (κ2) is 12.2. The highest BCUT2D eigenvalue weighted by Crippen LogP contribution is 2.27. The van der Waals surface area contributed by atoms with Crippen molar-refractivity contribution < 1.29 is 14.3 Å². The lowest BCUT2D eigenvalue weighted by molar-refractivity contribution is -0.123. The first-order valence-electron chi connectivity index (χ1n) is 11.4. The zero-order valence-corrected chi connectivity index (χ0v) is 20.4. The molecule has 2 N–H and O–H groups in total. The van der Waals surface area contributed by atoms with E-state index in [4.69, 9.17) is 16.3 Å². The molecule has 0 aliphatic heterocycles. The molecule has 6 nitrogen and oxygen atoms in total. The quantitative estimate of drug-likeness (QED) is 0.226. The number of amides is 2. The van der Waals surface area contributed by atoms with E-state index in [1.165, 1.54) is 0 Å². The van der Waals surface area contributed by atoms with Crippen molar-refractivity contribution in [3.63, 3.8) is 0 Å². The largest absolute Gasteiger partial charge is 0.493 e. The summed E-state index contributed by atoms with van der Waals surface area (Å²) in [6.07, 6.45) is 3.57. The van der Waals surface area contributed by atoms with E-state index in [1.54, 1.807) is 30.5 Å². The highest BCUT2D eigenvalue weighted by Gasteiger charge is 2.24. The Morgan fingerprint density at radius 1 is 1.09 bits per heavy atom. The number of unbranched alkanes of at least 4 members (excludes halogenated alkanes) is 1. The molecule has 0 heterocycles. The van der Waals surface area contributed by atoms with Gasteiger partial charge in [-0.3, -0.25) is 9.59 Å². The maximum absolute atomic E-state index is 12.9. The van der Waals surface area contributed by atoms with Crippen LogP contribution in [0.1, 0.15) is 49.5 Å². The standard InChI is InChI=1S/C27H30ClN3O3/c1-4-5-15-34-24-14-13-19-9-6-7-12-22(19)23(24)17-29-31-27(33)25(18(2)3)30-26(32)20-10-8-11-21(28)16-20/h6-14,16-18,25H,4-5,15H2,1-3H3,(H,30,32)(H,31,33)/b29-17+. The molecule has 0 aromatic heterocycles. The molecule has 3 aromatic carbocycles. The lowest BCUT2D eigenvalue weighted by atomic mass is 10.0. The monoisotopic (exact) mass is 479 g/mol. The van der Waals surface area contributed by atoms with Gasteiger partial charge in [0, 0.05) is 16.1 Å². The normalized spacial score (nSPS) is 12.1. The van der Waals surface area contributed by atoms with Gasteiger partial charge in [0.15, 0.2) is 0 Å². The first-order chi connectivity index (χ1) is 16.4. The van der Waals surface area contributed by atoms with Gasteiger partial charge in [-0.15, -0.1) is 0 Å². The van der Waals surface area contributed by atoms with Crippen LogP contribution in [0.3, 0.4) is 0 Å². The number of hydrogen-bond acceptors (Lipinski definition) is 4. The SMILES string of the molecule is CCCCOc1ccc2ccccc2c1/C=N/NC(=O)C(NC(=O)c1cccc(Cl)c1)C(C)C. The third-order valence-electron chi connectivity index (χ3n) is 5.38. The van der Waals surface area contributed by atoms with E-state index in [9.17, 15) is 9.59 Å². The number of nitrogens with one attached hydrogen (secondary N) is 2. The van der Waals surface area contributed by atoms with Crippen molar-refractivity contribution in [2.24, 2.45) is 11.0 Å². The van der Waals surface area contributed by atoms with Gasteiger partial charge in [0.2, 0.25) is 0 Å². The summed E-state index contributed by atoms with van der Waals surface area (Å²) in [5.74, 6) is -0.222. The van der Waals surface area contributed by atoms with Crippen LogP contribution in [0.25, 0.3) is 10.8 Å². The molecule has 0 bridgehead atoms. The molecule has 0 radical (unpaired) electrons. The number of fused-ring (bicyclic) bond motifs is 1. The zero-order valence-electron chi connectivity index (χ0n) is 19.7. The molecule has 2 amide bonds. The molecule has 0 fully saturated rings. The van der Waals surface area contributed by atoms with Crippen LogP contribution in [0.2, 0.25) is 5.02 Å². The van der Waals surface area contributed by atoms with Crippen LogP contribution in [-0.2, 0) is 4.79 Å². The van der Waals surface area contributed by atoms with Crippen molar-refractivity contribution in [1.82, 2.24) is 10.7 Å². The first kappa shape index (κ1) is 25.2. The van der Waals surface area contributed by atoms with Gasteiger partial charge >= 0.3 is 0 Å². The third kappa shape index (κ3) is 6.58. The van der Waals surface area contributed by atoms with Crippen molar-refractivity contribution in [3.05, 3.63) is 76.8 Å². The van der Waals surface area contributed by atoms with Gasteiger partial charge < -0.3 is 10.1 Å². The van der Waals surface area contributed by atoms with Crippen LogP contribution in [-0.4, -0.2) is 30.7 Å². The number of rotatable bonds is 10. The molecular weight excluding hydrogens is 450 g/mol. The van der Waals surface area contributed by atoms with Crippen molar-refractivity contribution in [2.45, 2.75) is 39.7 Å². The van der Waals surface area contributed by atoms with Crippen LogP contribution < -0.4 is 15.5 Å². The zero-order chi connectivity index (χ0) is 24.5. The number of ether oxygens (including phenoxy) is 1. The average molecular weight is 480 g/mol. The summed E-state index contributed by atoms with van der Waals surface area (Å²) in [7, 11) is 0. The van der Waals surface area contributed by atoms with Gasteiger partial charge in [-0.1, -0.05) is 75.2 Å². The fourth-order valence-electron chi connectivity index (χ4n) is 3.48. The number of hydrazone groups is 1. The van der Waals surface area contributed by atoms with Gasteiger partial charge in [-0.2, -0.15) is 5.10 Å². The van der Waals surface area contributed by atoms with Gasteiger partial charge in [0.05, 0.1) is 12.8 Å². The predicted octanol–water partition coefficient (Wildman–Crippen LogP) is 5.58. The van der Waals surface area contributed by atoms with Crippen LogP contribution in [0.15, 0.2) is 65.8 Å². The average Bonchev–Trinajstić information content (AvgIpc) is 2.83. The highest BCUT2D eigenvalue weighted by molar-refractivity contribution is 6.31. The summed E-state index contributed by atoms with van der Waals surface area (Å²) in [4.78, 5) is 25.5. The lowest BCUT2D eigenvalue weighted by Gasteiger charge is -2.20. The molecule has 1 unspecified atom stereocenters. The number of halogens is 1. The fraction of sp³-hybridized carbons (Fsp3) is 0.296. The second-order valence-electron chi connectivity index (χ2n) is 8.34. The molecule has 0 aliphatic carbocycles. The third-order valence-corrected chi connectivity index (χ3v) is 5.61. The smallest absolute Gasteiger partial charge is 0.262 e. The molecule has 0 saturated heterocycles. The molecule has 178 valence electrons. The summed E-state index contributed by atoms with van der Waals surface area (Å²) in [6, 6.07) is 17.7. The van der Waals surface area contributed by atoms with E-state index >= 15 is 0 Å². The van der Waals surface area contributed by atoms with Crippen LogP contribution in [0.5, 0.6) is 5.75 Å². The molecule has 3 rings (SSSR count). The number of carbonyl (C=O) groups excluding carboxylic acids is 2. The molecule has 1 atom stereocenters. The minimum Gasteiger partial charge on any atom is -0.493 e. The maximum Gasteiger partial charge on any atom is 0.262 e. The van der Waals surface area contributed by atoms with Crippen molar-refractivity contribution in [3.8, 4) is 5.75 Å². The highest BCUT2D eigenvalue weighted by atomic mass is 35.5. The van der Waals surface area contributed by atoms with Crippen LogP contribution in [0, 0.1) is 5.92 Å². The summed E-state index contributed by atoms with van der Waals surface area (Å²) < 4.78 is 5.97. The van der Waals surface area contributed by atoms with Gasteiger partial charge in [-0.25, -0.2) is 5.43 Å². The number of hydrogen-bond donors (Lipinski definition) is 2. The molecular formula is C27H30ClN3O3. The van der Waals surface area contributed by atoms with Crippen LogP contribution >= 0.6 is 11.6 Å². The Hall–Kier alpha value is -3.38. The topological polar surface area (TPSA) is 79.8 Å². The molecule has 0 saturated carbocycles. The summed E-state index contributed by atoms with van der Waals surface area (Å²) >= 11 is 5.98.